The van der Waals surface area contributed by atoms with Crippen molar-refractivity contribution in [3.63, 3.8) is 0 Å². The number of alkyl halides is 2. The van der Waals surface area contributed by atoms with Crippen molar-refractivity contribution in [1.82, 2.24) is 4.98 Å². The fraction of sp³-hybridized carbons (Fsp3) is 0.286. The van der Waals surface area contributed by atoms with Crippen molar-refractivity contribution in [3.8, 4) is 0 Å². The van der Waals surface area contributed by atoms with Crippen LogP contribution in [0.1, 0.15) is 17.7 Å². The van der Waals surface area contributed by atoms with Gasteiger partial charge in [0.25, 0.3) is 12.0 Å². The molecule has 4 nitrogen and oxygen atoms in total. The van der Waals surface area contributed by atoms with E-state index in [0.717, 1.165) is 6.07 Å². The summed E-state index contributed by atoms with van der Waals surface area (Å²) in [7, 11) is 0. The lowest BCUT2D eigenvalue weighted by Crippen LogP contribution is -2.16. The maximum atomic E-state index is 12.1. The van der Waals surface area contributed by atoms with Gasteiger partial charge in [-0.3, -0.25) is 4.79 Å². The highest BCUT2D eigenvalue weighted by atomic mass is 19.3. The van der Waals surface area contributed by atoms with E-state index >= 15 is 0 Å². The van der Waals surface area contributed by atoms with E-state index in [4.69, 9.17) is 10.8 Å². The summed E-state index contributed by atoms with van der Waals surface area (Å²) in [6.45, 7) is -0.525. The Morgan fingerprint density at radius 2 is 2.23 bits per heavy atom. The van der Waals surface area contributed by atoms with E-state index in [1.54, 1.807) is 0 Å². The lowest BCUT2D eigenvalue weighted by molar-refractivity contribution is 0.146. The van der Waals surface area contributed by atoms with Gasteiger partial charge in [-0.05, 0) is 6.07 Å². The second-order valence-electron chi connectivity index (χ2n) is 2.45. The van der Waals surface area contributed by atoms with Crippen LogP contribution in [0.2, 0.25) is 0 Å². The van der Waals surface area contributed by atoms with Gasteiger partial charge in [0.1, 0.15) is 5.69 Å². The number of hydrogen-bond acceptors (Lipinski definition) is 3. The van der Waals surface area contributed by atoms with Crippen LogP contribution < -0.4 is 11.3 Å². The van der Waals surface area contributed by atoms with Crippen LogP contribution in [-0.4, -0.2) is 10.1 Å². The molecule has 0 amide bonds. The molecule has 1 rings (SSSR count). The van der Waals surface area contributed by atoms with E-state index in [0.29, 0.717) is 0 Å². The number of halogens is 2. The zero-order valence-corrected chi connectivity index (χ0v) is 6.55. The first kappa shape index (κ1) is 9.66. The van der Waals surface area contributed by atoms with Crippen molar-refractivity contribution >= 4 is 5.69 Å². The lowest BCUT2D eigenvalue weighted by atomic mass is 10.2. The Bertz CT molecular complexity index is 362. The van der Waals surface area contributed by atoms with Crippen LogP contribution in [0.15, 0.2) is 10.9 Å². The summed E-state index contributed by atoms with van der Waals surface area (Å²) >= 11 is 0. The number of nitrogen functional groups attached to an aromatic ring is 1. The highest BCUT2D eigenvalue weighted by Gasteiger charge is 2.13. The Balaban J connectivity index is 3.29. The molecule has 0 bridgehead atoms. The topological polar surface area (TPSA) is 79.1 Å². The summed E-state index contributed by atoms with van der Waals surface area (Å²) in [4.78, 5) is 12.8. The Labute approximate surface area is 72.0 Å². The van der Waals surface area contributed by atoms with Crippen molar-refractivity contribution in [2.45, 2.75) is 13.0 Å². The third kappa shape index (κ3) is 1.83. The molecule has 6 heteroatoms. The predicted octanol–water partition coefficient (Wildman–Crippen LogP) is 0.387. The summed E-state index contributed by atoms with van der Waals surface area (Å²) < 4.78 is 24.3. The Kier molecular flexibility index (Phi) is 2.62. The molecule has 4 N–H and O–H groups in total. The number of aromatic amines is 1. The molecule has 0 radical (unpaired) electrons. The first-order chi connectivity index (χ1) is 6.06. The molecule has 0 aliphatic heterocycles. The fourth-order valence-electron chi connectivity index (χ4n) is 0.904. The van der Waals surface area contributed by atoms with Crippen molar-refractivity contribution in [1.29, 1.82) is 0 Å². The molecule has 0 aromatic carbocycles. The van der Waals surface area contributed by atoms with E-state index in [9.17, 15) is 13.6 Å². The zero-order chi connectivity index (χ0) is 10.0. The molecule has 0 aliphatic carbocycles. The number of pyridine rings is 1. The molecule has 1 aromatic heterocycles. The highest BCUT2D eigenvalue weighted by Crippen LogP contribution is 2.21. The molecular weight excluding hydrogens is 182 g/mol. The molecule has 0 fully saturated rings. The number of H-pyrrole nitrogens is 1. The second-order valence-corrected chi connectivity index (χ2v) is 2.45. The van der Waals surface area contributed by atoms with Crippen molar-refractivity contribution < 1.29 is 13.9 Å². The summed E-state index contributed by atoms with van der Waals surface area (Å²) in [6.07, 6.45) is -2.82. The molecule has 0 saturated carbocycles. The molecule has 0 unspecified atom stereocenters. The number of hydrogen-bond donors (Lipinski definition) is 3. The number of rotatable bonds is 2. The first-order valence-electron chi connectivity index (χ1n) is 3.47. The maximum absolute atomic E-state index is 12.1. The monoisotopic (exact) mass is 190 g/mol. The SMILES string of the molecule is Nc1cc(CO)c(=O)[nH]c1C(F)F. The van der Waals surface area contributed by atoms with E-state index < -0.39 is 24.3 Å². The van der Waals surface area contributed by atoms with E-state index in [2.05, 4.69) is 0 Å². The normalized spacial score (nSPS) is 10.8. The van der Waals surface area contributed by atoms with Gasteiger partial charge < -0.3 is 15.8 Å². The fourth-order valence-corrected chi connectivity index (χ4v) is 0.904. The zero-order valence-electron chi connectivity index (χ0n) is 6.55. The van der Waals surface area contributed by atoms with Crippen LogP contribution in [0.4, 0.5) is 14.5 Å². The molecule has 72 valence electrons. The summed E-state index contributed by atoms with van der Waals surface area (Å²) in [5, 5.41) is 8.61. The molecule has 1 aromatic rings. The van der Waals surface area contributed by atoms with Gasteiger partial charge in [0, 0.05) is 5.56 Å². The summed E-state index contributed by atoms with van der Waals surface area (Å²) in [5.41, 5.74) is 3.60. The lowest BCUT2D eigenvalue weighted by Gasteiger charge is -2.04. The van der Waals surface area contributed by atoms with Crippen LogP contribution in [-0.2, 0) is 6.61 Å². The van der Waals surface area contributed by atoms with Gasteiger partial charge in [-0.15, -0.1) is 0 Å². The Morgan fingerprint density at radius 1 is 1.62 bits per heavy atom. The molecular formula is C7H8F2N2O2. The summed E-state index contributed by atoms with van der Waals surface area (Å²) in [5.74, 6) is 0. The Morgan fingerprint density at radius 3 is 2.69 bits per heavy atom. The smallest absolute Gasteiger partial charge is 0.280 e. The minimum Gasteiger partial charge on any atom is -0.397 e. The largest absolute Gasteiger partial charge is 0.397 e. The maximum Gasteiger partial charge on any atom is 0.280 e. The molecule has 0 atom stereocenters. The van der Waals surface area contributed by atoms with E-state index in [1.165, 1.54) is 0 Å². The minimum absolute atomic E-state index is 0.0260. The van der Waals surface area contributed by atoms with Gasteiger partial charge in [0.05, 0.1) is 12.3 Å². The second kappa shape index (κ2) is 3.53. The number of nitrogens with one attached hydrogen (secondary N) is 1. The van der Waals surface area contributed by atoms with Crippen LogP contribution in [0, 0.1) is 0 Å². The molecule has 13 heavy (non-hydrogen) atoms. The average Bonchev–Trinajstić information content (AvgIpc) is 2.07. The Hall–Kier alpha value is -1.43. The van der Waals surface area contributed by atoms with Gasteiger partial charge in [-0.1, -0.05) is 0 Å². The molecule has 1 heterocycles. The molecule has 0 saturated heterocycles. The van der Waals surface area contributed by atoms with Gasteiger partial charge in [-0.25, -0.2) is 8.78 Å². The quantitative estimate of drug-likeness (QED) is 0.631. The van der Waals surface area contributed by atoms with Crippen LogP contribution in [0.25, 0.3) is 0 Å². The van der Waals surface area contributed by atoms with Crippen LogP contribution >= 0.6 is 0 Å². The van der Waals surface area contributed by atoms with Crippen molar-refractivity contribution in [3.05, 3.63) is 27.7 Å². The van der Waals surface area contributed by atoms with Gasteiger partial charge in [0.15, 0.2) is 0 Å². The average molecular weight is 190 g/mol. The third-order valence-corrected chi connectivity index (χ3v) is 1.57. The van der Waals surface area contributed by atoms with Crippen LogP contribution in [0.5, 0.6) is 0 Å². The number of aliphatic hydroxyl groups is 1. The van der Waals surface area contributed by atoms with Gasteiger partial charge in [0.2, 0.25) is 0 Å². The summed E-state index contributed by atoms with van der Waals surface area (Å²) in [6, 6.07) is 1.04. The number of anilines is 1. The number of aliphatic hydroxyl groups excluding tert-OH is 1. The number of nitrogens with two attached hydrogens (primary N) is 1. The molecule has 0 spiro atoms. The van der Waals surface area contributed by atoms with Crippen molar-refractivity contribution in [2.75, 3.05) is 5.73 Å². The van der Waals surface area contributed by atoms with Crippen LogP contribution in [0.3, 0.4) is 0 Å². The van der Waals surface area contributed by atoms with E-state index in [1.807, 2.05) is 4.98 Å². The van der Waals surface area contributed by atoms with Crippen molar-refractivity contribution in [2.24, 2.45) is 0 Å². The number of aromatic nitrogens is 1. The van der Waals surface area contributed by atoms with Gasteiger partial charge >= 0.3 is 0 Å². The minimum atomic E-state index is -2.82. The van der Waals surface area contributed by atoms with Gasteiger partial charge in [-0.2, -0.15) is 0 Å². The highest BCUT2D eigenvalue weighted by molar-refractivity contribution is 5.45. The standard InChI is InChI=1S/C7H8F2N2O2/c8-6(9)5-4(10)1-3(2-12)7(13)11-5/h1,6,12H,2,10H2,(H,11,13). The third-order valence-electron chi connectivity index (χ3n) is 1.57. The first-order valence-corrected chi connectivity index (χ1v) is 3.47. The predicted molar refractivity (Wildman–Crippen MR) is 42.4 cm³/mol. The van der Waals surface area contributed by atoms with E-state index in [-0.39, 0.29) is 11.3 Å². The molecule has 0 aliphatic rings.